The average molecular weight is 368 g/mol. The molecule has 1 heterocycles. The Labute approximate surface area is 139 Å². The first kappa shape index (κ1) is 16.5. The van der Waals surface area contributed by atoms with Gasteiger partial charge in [-0.25, -0.2) is 0 Å². The SMILES string of the molecule is CCCNCc1cc(Br)cc(C)c1OCCc1cccs1. The number of ether oxygens (including phenoxy) is 1. The maximum atomic E-state index is 6.07. The lowest BCUT2D eigenvalue weighted by atomic mass is 10.1. The van der Waals surface area contributed by atoms with Crippen molar-refractivity contribution in [3.05, 3.63) is 50.1 Å². The summed E-state index contributed by atoms with van der Waals surface area (Å²) in [5.74, 6) is 1.03. The lowest BCUT2D eigenvalue weighted by molar-refractivity contribution is 0.316. The first-order chi connectivity index (χ1) is 10.2. The van der Waals surface area contributed by atoms with Crippen LogP contribution in [0.5, 0.6) is 5.75 Å². The Balaban J connectivity index is 2.01. The molecule has 0 bridgehead atoms. The van der Waals surface area contributed by atoms with Gasteiger partial charge in [0.15, 0.2) is 0 Å². The minimum absolute atomic E-state index is 0.726. The van der Waals surface area contributed by atoms with Gasteiger partial charge in [0.05, 0.1) is 6.61 Å². The number of benzene rings is 1. The van der Waals surface area contributed by atoms with Gasteiger partial charge in [0.1, 0.15) is 5.75 Å². The number of rotatable bonds is 8. The Kier molecular flexibility index (Phi) is 6.74. The molecular weight excluding hydrogens is 346 g/mol. The smallest absolute Gasteiger partial charge is 0.126 e. The second-order valence-electron chi connectivity index (χ2n) is 5.07. The van der Waals surface area contributed by atoms with E-state index in [9.17, 15) is 0 Å². The predicted octanol–water partition coefficient (Wildman–Crippen LogP) is 4.94. The number of hydrogen-bond acceptors (Lipinski definition) is 3. The van der Waals surface area contributed by atoms with Gasteiger partial charge in [0.25, 0.3) is 0 Å². The molecule has 4 heteroatoms. The molecule has 0 aliphatic rings. The molecule has 0 aliphatic heterocycles. The molecule has 0 spiro atoms. The summed E-state index contributed by atoms with van der Waals surface area (Å²) in [6.45, 7) is 6.89. The van der Waals surface area contributed by atoms with Crippen molar-refractivity contribution in [2.75, 3.05) is 13.2 Å². The summed E-state index contributed by atoms with van der Waals surface area (Å²) in [4.78, 5) is 1.37. The summed E-state index contributed by atoms with van der Waals surface area (Å²) < 4.78 is 7.18. The lowest BCUT2D eigenvalue weighted by Gasteiger charge is -2.15. The summed E-state index contributed by atoms with van der Waals surface area (Å²) in [6.07, 6.45) is 2.11. The van der Waals surface area contributed by atoms with Crippen molar-refractivity contribution >= 4 is 27.3 Å². The molecule has 0 saturated carbocycles. The van der Waals surface area contributed by atoms with E-state index in [0.29, 0.717) is 0 Å². The van der Waals surface area contributed by atoms with Crippen LogP contribution in [0.3, 0.4) is 0 Å². The molecule has 1 aromatic heterocycles. The highest BCUT2D eigenvalue weighted by molar-refractivity contribution is 9.10. The van der Waals surface area contributed by atoms with E-state index < -0.39 is 0 Å². The van der Waals surface area contributed by atoms with Crippen LogP contribution >= 0.6 is 27.3 Å². The zero-order valence-corrected chi connectivity index (χ0v) is 15.0. The van der Waals surface area contributed by atoms with E-state index in [2.05, 4.69) is 64.7 Å². The van der Waals surface area contributed by atoms with Gasteiger partial charge >= 0.3 is 0 Å². The largest absolute Gasteiger partial charge is 0.493 e. The second-order valence-corrected chi connectivity index (χ2v) is 7.01. The summed E-state index contributed by atoms with van der Waals surface area (Å²) in [6, 6.07) is 8.51. The number of hydrogen-bond donors (Lipinski definition) is 1. The quantitative estimate of drug-likeness (QED) is 0.667. The van der Waals surface area contributed by atoms with E-state index in [1.54, 1.807) is 11.3 Å². The zero-order chi connectivity index (χ0) is 15.1. The average Bonchev–Trinajstić information content (AvgIpc) is 2.95. The lowest BCUT2D eigenvalue weighted by Crippen LogP contribution is -2.15. The topological polar surface area (TPSA) is 21.3 Å². The van der Waals surface area contributed by atoms with E-state index in [0.717, 1.165) is 42.8 Å². The molecule has 0 amide bonds. The van der Waals surface area contributed by atoms with E-state index >= 15 is 0 Å². The molecule has 0 fully saturated rings. The molecule has 0 saturated heterocycles. The molecule has 2 nitrogen and oxygen atoms in total. The van der Waals surface area contributed by atoms with Crippen LogP contribution in [0, 0.1) is 6.92 Å². The van der Waals surface area contributed by atoms with Crippen molar-refractivity contribution in [3.8, 4) is 5.75 Å². The molecular formula is C17H22BrNOS. The Hall–Kier alpha value is -0.840. The minimum Gasteiger partial charge on any atom is -0.493 e. The molecule has 2 aromatic rings. The van der Waals surface area contributed by atoms with Crippen LogP contribution in [0.4, 0.5) is 0 Å². The molecule has 2 rings (SSSR count). The van der Waals surface area contributed by atoms with Crippen LogP contribution < -0.4 is 10.1 Å². The zero-order valence-electron chi connectivity index (χ0n) is 12.6. The van der Waals surface area contributed by atoms with Crippen molar-refractivity contribution in [1.29, 1.82) is 0 Å². The number of halogens is 1. The van der Waals surface area contributed by atoms with Crippen LogP contribution in [-0.2, 0) is 13.0 Å². The Morgan fingerprint density at radius 3 is 2.90 bits per heavy atom. The highest BCUT2D eigenvalue weighted by Crippen LogP contribution is 2.28. The van der Waals surface area contributed by atoms with E-state index in [4.69, 9.17) is 4.74 Å². The fourth-order valence-corrected chi connectivity index (χ4v) is 3.56. The summed E-state index contributed by atoms with van der Waals surface area (Å²) in [5, 5.41) is 5.56. The molecule has 0 aliphatic carbocycles. The fourth-order valence-electron chi connectivity index (χ4n) is 2.25. The van der Waals surface area contributed by atoms with Gasteiger partial charge in [-0.05, 0) is 49.0 Å². The molecule has 21 heavy (non-hydrogen) atoms. The van der Waals surface area contributed by atoms with Crippen LogP contribution in [0.15, 0.2) is 34.1 Å². The Morgan fingerprint density at radius 1 is 1.33 bits per heavy atom. The van der Waals surface area contributed by atoms with Crippen molar-refractivity contribution in [2.45, 2.75) is 33.2 Å². The first-order valence-electron chi connectivity index (χ1n) is 7.35. The van der Waals surface area contributed by atoms with Crippen molar-refractivity contribution in [2.24, 2.45) is 0 Å². The maximum absolute atomic E-state index is 6.07. The molecule has 1 aromatic carbocycles. The third-order valence-electron chi connectivity index (χ3n) is 3.23. The number of nitrogens with one attached hydrogen (secondary N) is 1. The normalized spacial score (nSPS) is 10.8. The van der Waals surface area contributed by atoms with Gasteiger partial charge in [0, 0.05) is 27.9 Å². The van der Waals surface area contributed by atoms with Crippen molar-refractivity contribution in [3.63, 3.8) is 0 Å². The molecule has 0 radical (unpaired) electrons. The molecule has 114 valence electrons. The summed E-state index contributed by atoms with van der Waals surface area (Å²) in [5.41, 5.74) is 2.41. The molecule has 1 N–H and O–H groups in total. The van der Waals surface area contributed by atoms with Gasteiger partial charge < -0.3 is 10.1 Å². The van der Waals surface area contributed by atoms with E-state index in [-0.39, 0.29) is 0 Å². The summed E-state index contributed by atoms with van der Waals surface area (Å²) in [7, 11) is 0. The van der Waals surface area contributed by atoms with Gasteiger partial charge in [-0.15, -0.1) is 11.3 Å². The minimum atomic E-state index is 0.726. The van der Waals surface area contributed by atoms with Gasteiger partial charge in [0.2, 0.25) is 0 Å². The summed E-state index contributed by atoms with van der Waals surface area (Å²) >= 11 is 5.36. The predicted molar refractivity (Wildman–Crippen MR) is 94.4 cm³/mol. The number of aryl methyl sites for hydroxylation is 1. The Morgan fingerprint density at radius 2 is 2.19 bits per heavy atom. The highest BCUT2D eigenvalue weighted by Gasteiger charge is 2.09. The van der Waals surface area contributed by atoms with Gasteiger partial charge in [-0.1, -0.05) is 28.9 Å². The third-order valence-corrected chi connectivity index (χ3v) is 4.63. The fraction of sp³-hybridized carbons (Fsp3) is 0.412. The number of thiophene rings is 1. The van der Waals surface area contributed by atoms with Crippen molar-refractivity contribution < 1.29 is 4.74 Å². The standard InChI is InChI=1S/C17H22BrNOS/c1-3-7-19-12-14-11-15(18)10-13(2)17(14)20-8-6-16-5-4-9-21-16/h4-5,9-11,19H,3,6-8,12H2,1-2H3. The van der Waals surface area contributed by atoms with Crippen LogP contribution in [0.25, 0.3) is 0 Å². The molecule has 0 unspecified atom stereocenters. The van der Waals surface area contributed by atoms with E-state index in [1.165, 1.54) is 16.0 Å². The highest BCUT2D eigenvalue weighted by atomic mass is 79.9. The van der Waals surface area contributed by atoms with Crippen LogP contribution in [0.1, 0.15) is 29.3 Å². The second kappa shape index (κ2) is 8.57. The van der Waals surface area contributed by atoms with E-state index in [1.807, 2.05) is 0 Å². The monoisotopic (exact) mass is 367 g/mol. The maximum Gasteiger partial charge on any atom is 0.126 e. The Bertz CT molecular complexity index is 554. The van der Waals surface area contributed by atoms with Crippen molar-refractivity contribution in [1.82, 2.24) is 5.32 Å². The van der Waals surface area contributed by atoms with Crippen LogP contribution in [0.2, 0.25) is 0 Å². The third kappa shape index (κ3) is 5.13. The molecule has 0 atom stereocenters. The van der Waals surface area contributed by atoms with Gasteiger partial charge in [-0.2, -0.15) is 0 Å². The first-order valence-corrected chi connectivity index (χ1v) is 9.03. The van der Waals surface area contributed by atoms with Gasteiger partial charge in [-0.3, -0.25) is 0 Å². The van der Waals surface area contributed by atoms with Crippen LogP contribution in [-0.4, -0.2) is 13.2 Å².